The lowest BCUT2D eigenvalue weighted by atomic mass is 10.1. The molecule has 0 amide bonds. The highest BCUT2D eigenvalue weighted by atomic mass is 32.2. The molecule has 0 fully saturated rings. The molecule has 5 nitrogen and oxygen atoms in total. The third kappa shape index (κ3) is 2.65. The molecule has 0 N–H and O–H groups in total. The highest BCUT2D eigenvalue weighted by Gasteiger charge is 2.07. The van der Waals surface area contributed by atoms with Crippen LogP contribution in [0, 0.1) is 0 Å². The van der Waals surface area contributed by atoms with Crippen molar-refractivity contribution < 1.29 is 13.2 Å². The molecule has 0 atom stereocenters. The summed E-state index contributed by atoms with van der Waals surface area (Å²) in [4.78, 5) is 0.285. The lowest BCUT2D eigenvalue weighted by molar-refractivity contribution is 0.392. The van der Waals surface area contributed by atoms with Crippen LogP contribution in [0.3, 0.4) is 0 Å². The minimum Gasteiger partial charge on any atom is -0.480 e. The number of methoxy groups -OCH3 is 1. The molecule has 94 valence electrons. The maximum Gasteiger partial charge on any atom is 0.233 e. The average Bonchev–Trinajstić information content (AvgIpc) is 2.38. The maximum absolute atomic E-state index is 11.3. The zero-order chi connectivity index (χ0) is 13.2. The standard InChI is InChI=1S/C12H12N2O3S/c1-17-12-8-7-11(13-14-12)9-3-5-10(6-4-9)18(2,15)16/h3-8H,1-2H3. The fourth-order valence-electron chi connectivity index (χ4n) is 1.46. The molecule has 6 heteroatoms. The van der Waals surface area contributed by atoms with Gasteiger partial charge in [0.2, 0.25) is 5.88 Å². The van der Waals surface area contributed by atoms with E-state index in [0.717, 1.165) is 5.56 Å². The molecule has 0 spiro atoms. The van der Waals surface area contributed by atoms with Gasteiger partial charge in [-0.1, -0.05) is 12.1 Å². The van der Waals surface area contributed by atoms with Gasteiger partial charge in [0.25, 0.3) is 0 Å². The highest BCUT2D eigenvalue weighted by Crippen LogP contribution is 2.19. The van der Waals surface area contributed by atoms with Crippen LogP contribution in [0.5, 0.6) is 5.88 Å². The fourth-order valence-corrected chi connectivity index (χ4v) is 2.09. The van der Waals surface area contributed by atoms with Crippen molar-refractivity contribution in [3.8, 4) is 17.1 Å². The lowest BCUT2D eigenvalue weighted by Gasteiger charge is -2.03. The summed E-state index contributed by atoms with van der Waals surface area (Å²) in [5, 5.41) is 7.84. The first-order valence-corrected chi connectivity index (χ1v) is 7.08. The van der Waals surface area contributed by atoms with Crippen molar-refractivity contribution in [3.63, 3.8) is 0 Å². The van der Waals surface area contributed by atoms with Crippen LogP contribution in [0.1, 0.15) is 0 Å². The summed E-state index contributed by atoms with van der Waals surface area (Å²) in [6.07, 6.45) is 1.18. The molecular weight excluding hydrogens is 252 g/mol. The number of rotatable bonds is 3. The van der Waals surface area contributed by atoms with Crippen molar-refractivity contribution in [2.45, 2.75) is 4.90 Å². The first kappa shape index (κ1) is 12.5. The zero-order valence-corrected chi connectivity index (χ0v) is 10.8. The average molecular weight is 264 g/mol. The molecule has 0 aliphatic heterocycles. The molecule has 0 saturated carbocycles. The van der Waals surface area contributed by atoms with Crippen LogP contribution in [0.2, 0.25) is 0 Å². The van der Waals surface area contributed by atoms with Gasteiger partial charge in [-0.05, 0) is 18.2 Å². The van der Waals surface area contributed by atoms with Gasteiger partial charge < -0.3 is 4.74 Å². The Labute approximate surface area is 105 Å². The molecule has 2 aromatic rings. The van der Waals surface area contributed by atoms with Crippen LogP contribution < -0.4 is 4.74 Å². The number of hydrogen-bond acceptors (Lipinski definition) is 5. The van der Waals surface area contributed by atoms with Gasteiger partial charge in [0.1, 0.15) is 0 Å². The fraction of sp³-hybridized carbons (Fsp3) is 0.167. The van der Waals surface area contributed by atoms with Gasteiger partial charge in [0.15, 0.2) is 9.84 Å². The van der Waals surface area contributed by atoms with Crippen LogP contribution in [-0.2, 0) is 9.84 Å². The van der Waals surface area contributed by atoms with Crippen molar-refractivity contribution in [3.05, 3.63) is 36.4 Å². The van der Waals surface area contributed by atoms with Crippen LogP contribution in [0.15, 0.2) is 41.3 Å². The van der Waals surface area contributed by atoms with E-state index >= 15 is 0 Å². The number of sulfone groups is 1. The van der Waals surface area contributed by atoms with Gasteiger partial charge in [0, 0.05) is 17.9 Å². The second-order valence-electron chi connectivity index (χ2n) is 3.76. The van der Waals surface area contributed by atoms with Crippen LogP contribution in [-0.4, -0.2) is 32.0 Å². The Morgan fingerprint density at radius 3 is 2.11 bits per heavy atom. The van der Waals surface area contributed by atoms with Gasteiger partial charge in [0.05, 0.1) is 17.7 Å². The topological polar surface area (TPSA) is 69.2 Å². The van der Waals surface area contributed by atoms with E-state index in [-0.39, 0.29) is 4.90 Å². The summed E-state index contributed by atoms with van der Waals surface area (Å²) in [5.41, 5.74) is 1.47. The van der Waals surface area contributed by atoms with E-state index in [0.29, 0.717) is 11.6 Å². The van der Waals surface area contributed by atoms with Crippen LogP contribution in [0.25, 0.3) is 11.3 Å². The number of benzene rings is 1. The molecule has 2 rings (SSSR count). The van der Waals surface area contributed by atoms with E-state index in [2.05, 4.69) is 10.2 Å². The molecule has 0 bridgehead atoms. The minimum atomic E-state index is -3.17. The predicted octanol–water partition coefficient (Wildman–Crippen LogP) is 1.56. The Morgan fingerprint density at radius 1 is 1.00 bits per heavy atom. The van der Waals surface area contributed by atoms with E-state index in [1.807, 2.05) is 0 Å². The summed E-state index contributed by atoms with van der Waals surface area (Å²) >= 11 is 0. The first-order valence-electron chi connectivity index (χ1n) is 5.19. The maximum atomic E-state index is 11.3. The molecule has 1 heterocycles. The summed E-state index contributed by atoms with van der Waals surface area (Å²) in [6, 6.07) is 9.97. The number of hydrogen-bond donors (Lipinski definition) is 0. The van der Waals surface area contributed by atoms with Crippen LogP contribution in [0.4, 0.5) is 0 Å². The highest BCUT2D eigenvalue weighted by molar-refractivity contribution is 7.90. The van der Waals surface area contributed by atoms with E-state index in [4.69, 9.17) is 4.74 Å². The minimum absolute atomic E-state index is 0.285. The second kappa shape index (κ2) is 4.73. The summed E-state index contributed by atoms with van der Waals surface area (Å²) in [7, 11) is -1.65. The monoisotopic (exact) mass is 264 g/mol. The van der Waals surface area contributed by atoms with Gasteiger partial charge in [-0.15, -0.1) is 10.2 Å². The molecule has 0 unspecified atom stereocenters. The third-order valence-corrected chi connectivity index (χ3v) is 3.56. The molecule has 18 heavy (non-hydrogen) atoms. The first-order chi connectivity index (χ1) is 8.50. The molecular formula is C12H12N2O3S. The van der Waals surface area contributed by atoms with E-state index in [9.17, 15) is 8.42 Å². The van der Waals surface area contributed by atoms with Crippen LogP contribution >= 0.6 is 0 Å². The number of nitrogens with zero attached hydrogens (tertiary/aromatic N) is 2. The van der Waals surface area contributed by atoms with E-state index in [1.165, 1.54) is 13.4 Å². The Morgan fingerprint density at radius 2 is 1.67 bits per heavy atom. The normalized spacial score (nSPS) is 11.2. The molecule has 0 saturated heterocycles. The van der Waals surface area contributed by atoms with Gasteiger partial charge in [-0.2, -0.15) is 0 Å². The zero-order valence-electron chi connectivity index (χ0n) is 9.99. The molecule has 0 aliphatic rings. The molecule has 0 aliphatic carbocycles. The summed E-state index contributed by atoms with van der Waals surface area (Å²) in [6.45, 7) is 0. The van der Waals surface area contributed by atoms with Gasteiger partial charge >= 0.3 is 0 Å². The van der Waals surface area contributed by atoms with Crippen molar-refractivity contribution in [2.24, 2.45) is 0 Å². The van der Waals surface area contributed by atoms with E-state index < -0.39 is 9.84 Å². The number of ether oxygens (including phenoxy) is 1. The quantitative estimate of drug-likeness (QED) is 0.841. The Bertz CT molecular complexity index is 634. The Hall–Kier alpha value is -1.95. The van der Waals surface area contributed by atoms with E-state index in [1.54, 1.807) is 36.4 Å². The largest absolute Gasteiger partial charge is 0.480 e. The molecule has 1 aromatic heterocycles. The molecule has 1 aromatic carbocycles. The lowest BCUT2D eigenvalue weighted by Crippen LogP contribution is -1.97. The molecule has 0 radical (unpaired) electrons. The summed E-state index contributed by atoms with van der Waals surface area (Å²) in [5.74, 6) is 0.437. The Balaban J connectivity index is 2.34. The third-order valence-electron chi connectivity index (χ3n) is 2.43. The Kier molecular flexibility index (Phi) is 3.29. The van der Waals surface area contributed by atoms with Crippen molar-refractivity contribution in [2.75, 3.05) is 13.4 Å². The van der Waals surface area contributed by atoms with Gasteiger partial charge in [-0.25, -0.2) is 8.42 Å². The van der Waals surface area contributed by atoms with Crippen molar-refractivity contribution >= 4 is 9.84 Å². The van der Waals surface area contributed by atoms with Crippen molar-refractivity contribution in [1.29, 1.82) is 0 Å². The second-order valence-corrected chi connectivity index (χ2v) is 5.77. The SMILES string of the molecule is COc1ccc(-c2ccc(S(C)(=O)=O)cc2)nn1. The number of aromatic nitrogens is 2. The summed E-state index contributed by atoms with van der Waals surface area (Å²) < 4.78 is 27.6. The van der Waals surface area contributed by atoms with Crippen molar-refractivity contribution in [1.82, 2.24) is 10.2 Å². The predicted molar refractivity (Wildman–Crippen MR) is 67.1 cm³/mol. The van der Waals surface area contributed by atoms with Gasteiger partial charge in [-0.3, -0.25) is 0 Å². The smallest absolute Gasteiger partial charge is 0.233 e.